The number of nitrogens with zero attached hydrogens (tertiary/aromatic N) is 1. The Hall–Kier alpha value is -4.13. The van der Waals surface area contributed by atoms with Crippen molar-refractivity contribution in [3.8, 4) is 22.6 Å². The van der Waals surface area contributed by atoms with Crippen LogP contribution in [-0.4, -0.2) is 36.4 Å². The Kier molecular flexibility index (Phi) is 7.16. The first kappa shape index (κ1) is 20.6. The molecule has 0 fully saturated rings. The van der Waals surface area contributed by atoms with Crippen LogP contribution in [0.5, 0.6) is 11.5 Å². The second-order valence-electron chi connectivity index (χ2n) is 6.16. The zero-order chi connectivity index (χ0) is 21.2. The molecular formula is C23H20N2O5. The minimum atomic E-state index is -1.08. The number of para-hydroxylation sites is 2. The highest BCUT2D eigenvalue weighted by molar-refractivity contribution is 5.85. The molecule has 0 atom stereocenters. The average molecular weight is 404 g/mol. The van der Waals surface area contributed by atoms with Gasteiger partial charge >= 0.3 is 5.97 Å². The van der Waals surface area contributed by atoms with Crippen molar-refractivity contribution < 1.29 is 24.2 Å². The predicted octanol–water partition coefficient (Wildman–Crippen LogP) is 3.35. The molecule has 0 saturated carbocycles. The van der Waals surface area contributed by atoms with E-state index in [0.717, 1.165) is 11.1 Å². The Morgan fingerprint density at radius 1 is 0.833 bits per heavy atom. The number of hydrogen-bond acceptors (Lipinski definition) is 5. The first-order valence-electron chi connectivity index (χ1n) is 9.16. The van der Waals surface area contributed by atoms with Crippen LogP contribution in [-0.2, 0) is 9.59 Å². The maximum atomic E-state index is 12.1. The molecule has 3 aromatic rings. The topological polar surface area (TPSA) is 97.2 Å². The van der Waals surface area contributed by atoms with E-state index in [-0.39, 0.29) is 6.61 Å². The SMILES string of the molecule is O=C(O)COc1ccccc1/C=N/NC(=O)COc1ccccc1-c1ccccc1. The maximum absolute atomic E-state index is 12.1. The molecule has 7 heteroatoms. The van der Waals surface area contributed by atoms with Crippen molar-refractivity contribution in [3.63, 3.8) is 0 Å². The highest BCUT2D eigenvalue weighted by Crippen LogP contribution is 2.29. The fourth-order valence-electron chi connectivity index (χ4n) is 2.66. The summed E-state index contributed by atoms with van der Waals surface area (Å²) in [6.07, 6.45) is 1.38. The lowest BCUT2D eigenvalue weighted by molar-refractivity contribution is -0.139. The minimum absolute atomic E-state index is 0.210. The number of amides is 1. The molecule has 0 aliphatic carbocycles. The number of benzene rings is 3. The largest absolute Gasteiger partial charge is 0.483 e. The maximum Gasteiger partial charge on any atom is 0.341 e. The summed E-state index contributed by atoms with van der Waals surface area (Å²) < 4.78 is 10.9. The van der Waals surface area contributed by atoms with E-state index >= 15 is 0 Å². The number of carbonyl (C=O) groups excluding carboxylic acids is 1. The Labute approximate surface area is 173 Å². The van der Waals surface area contributed by atoms with E-state index in [4.69, 9.17) is 14.6 Å². The van der Waals surface area contributed by atoms with Gasteiger partial charge in [0, 0.05) is 11.1 Å². The van der Waals surface area contributed by atoms with Gasteiger partial charge in [0.1, 0.15) is 11.5 Å². The highest BCUT2D eigenvalue weighted by Gasteiger charge is 2.08. The van der Waals surface area contributed by atoms with E-state index in [2.05, 4.69) is 10.5 Å². The molecule has 2 N–H and O–H groups in total. The summed E-state index contributed by atoms with van der Waals surface area (Å²) >= 11 is 0. The van der Waals surface area contributed by atoms with Gasteiger partial charge in [-0.15, -0.1) is 0 Å². The summed E-state index contributed by atoms with van der Waals surface area (Å²) in [5.74, 6) is -0.567. The monoisotopic (exact) mass is 404 g/mol. The van der Waals surface area contributed by atoms with Crippen LogP contribution in [0.25, 0.3) is 11.1 Å². The van der Waals surface area contributed by atoms with Crippen LogP contribution in [0, 0.1) is 0 Å². The van der Waals surface area contributed by atoms with E-state index in [9.17, 15) is 9.59 Å². The van der Waals surface area contributed by atoms with Gasteiger partial charge in [-0.2, -0.15) is 5.10 Å². The van der Waals surface area contributed by atoms with E-state index < -0.39 is 18.5 Å². The number of hydrazone groups is 1. The lowest BCUT2D eigenvalue weighted by Gasteiger charge is -2.11. The Morgan fingerprint density at radius 2 is 1.47 bits per heavy atom. The van der Waals surface area contributed by atoms with Crippen molar-refractivity contribution in [1.82, 2.24) is 5.43 Å². The van der Waals surface area contributed by atoms with Gasteiger partial charge in [0.15, 0.2) is 13.2 Å². The van der Waals surface area contributed by atoms with Gasteiger partial charge in [0.05, 0.1) is 6.21 Å². The normalized spacial score (nSPS) is 10.5. The number of nitrogens with one attached hydrogen (secondary N) is 1. The number of hydrogen-bond donors (Lipinski definition) is 2. The number of ether oxygens (including phenoxy) is 2. The van der Waals surface area contributed by atoms with Gasteiger partial charge in [-0.3, -0.25) is 4.79 Å². The summed E-state index contributed by atoms with van der Waals surface area (Å²) in [4.78, 5) is 22.8. The molecule has 0 saturated heterocycles. The molecule has 1 amide bonds. The molecular weight excluding hydrogens is 384 g/mol. The summed E-state index contributed by atoms with van der Waals surface area (Å²) in [6.45, 7) is -0.676. The molecule has 0 radical (unpaired) electrons. The van der Waals surface area contributed by atoms with Crippen LogP contribution in [0.1, 0.15) is 5.56 Å². The zero-order valence-corrected chi connectivity index (χ0v) is 16.0. The second-order valence-corrected chi connectivity index (χ2v) is 6.16. The molecule has 0 spiro atoms. The van der Waals surface area contributed by atoms with Crippen LogP contribution in [0.2, 0.25) is 0 Å². The smallest absolute Gasteiger partial charge is 0.341 e. The highest BCUT2D eigenvalue weighted by atomic mass is 16.5. The first-order valence-corrected chi connectivity index (χ1v) is 9.16. The van der Waals surface area contributed by atoms with Gasteiger partial charge in [-0.25, -0.2) is 10.2 Å². The van der Waals surface area contributed by atoms with Gasteiger partial charge in [-0.05, 0) is 23.8 Å². The summed E-state index contributed by atoms with van der Waals surface area (Å²) in [6, 6.07) is 24.0. The number of carboxylic acids is 1. The summed E-state index contributed by atoms with van der Waals surface area (Å²) in [7, 11) is 0. The number of rotatable bonds is 9. The molecule has 152 valence electrons. The van der Waals surface area contributed by atoms with Gasteiger partial charge in [0.25, 0.3) is 5.91 Å². The van der Waals surface area contributed by atoms with Crippen molar-refractivity contribution in [2.24, 2.45) is 5.10 Å². The van der Waals surface area contributed by atoms with Crippen LogP contribution in [0.3, 0.4) is 0 Å². The standard InChI is InChI=1S/C23H20N2O5/c26-22(25-24-14-18-10-4-6-12-20(18)30-16-23(27)28)15-29-21-13-7-5-11-19(21)17-8-2-1-3-9-17/h1-14H,15-16H2,(H,25,26)(H,27,28)/b24-14+. The molecule has 3 rings (SSSR count). The van der Waals surface area contributed by atoms with Crippen molar-refractivity contribution in [2.75, 3.05) is 13.2 Å². The van der Waals surface area contributed by atoms with Crippen LogP contribution in [0.4, 0.5) is 0 Å². The zero-order valence-electron chi connectivity index (χ0n) is 16.0. The van der Waals surface area contributed by atoms with E-state index in [0.29, 0.717) is 17.1 Å². The predicted molar refractivity (Wildman–Crippen MR) is 113 cm³/mol. The third-order valence-corrected chi connectivity index (χ3v) is 3.99. The minimum Gasteiger partial charge on any atom is -0.483 e. The molecule has 7 nitrogen and oxygen atoms in total. The number of carboxylic acid groups (broad SMARTS) is 1. The molecule has 30 heavy (non-hydrogen) atoms. The second kappa shape index (κ2) is 10.4. The Morgan fingerprint density at radius 3 is 2.23 bits per heavy atom. The molecule has 0 aliphatic heterocycles. The number of carbonyl (C=O) groups is 2. The van der Waals surface area contributed by atoms with Crippen LogP contribution >= 0.6 is 0 Å². The van der Waals surface area contributed by atoms with Gasteiger partial charge in [-0.1, -0.05) is 60.7 Å². The van der Waals surface area contributed by atoms with E-state index in [1.807, 2.05) is 48.5 Å². The van der Waals surface area contributed by atoms with Crippen molar-refractivity contribution >= 4 is 18.1 Å². The quantitative estimate of drug-likeness (QED) is 0.421. The van der Waals surface area contributed by atoms with Crippen LogP contribution < -0.4 is 14.9 Å². The van der Waals surface area contributed by atoms with E-state index in [1.54, 1.807) is 30.3 Å². The Bertz CT molecular complexity index is 1030. The summed E-state index contributed by atoms with van der Waals surface area (Å²) in [5.41, 5.74) is 4.80. The van der Waals surface area contributed by atoms with Crippen molar-refractivity contribution in [3.05, 3.63) is 84.4 Å². The Balaban J connectivity index is 1.57. The lowest BCUT2D eigenvalue weighted by atomic mass is 10.1. The molecule has 0 bridgehead atoms. The fraction of sp³-hybridized carbons (Fsp3) is 0.0870. The molecule has 3 aromatic carbocycles. The van der Waals surface area contributed by atoms with Crippen molar-refractivity contribution in [2.45, 2.75) is 0 Å². The van der Waals surface area contributed by atoms with Crippen molar-refractivity contribution in [1.29, 1.82) is 0 Å². The average Bonchev–Trinajstić information content (AvgIpc) is 2.78. The fourth-order valence-corrected chi connectivity index (χ4v) is 2.66. The first-order chi connectivity index (χ1) is 14.6. The van der Waals surface area contributed by atoms with Gasteiger partial charge in [0.2, 0.25) is 0 Å². The van der Waals surface area contributed by atoms with E-state index in [1.165, 1.54) is 6.21 Å². The third-order valence-electron chi connectivity index (χ3n) is 3.99. The molecule has 0 unspecified atom stereocenters. The summed E-state index contributed by atoms with van der Waals surface area (Å²) in [5, 5.41) is 12.6. The lowest BCUT2D eigenvalue weighted by Crippen LogP contribution is -2.24. The van der Waals surface area contributed by atoms with Crippen LogP contribution in [0.15, 0.2) is 84.0 Å². The molecule has 0 heterocycles. The molecule has 0 aromatic heterocycles. The molecule has 0 aliphatic rings. The third kappa shape index (κ3) is 5.93. The number of aliphatic carboxylic acids is 1. The van der Waals surface area contributed by atoms with Gasteiger partial charge < -0.3 is 14.6 Å².